The van der Waals surface area contributed by atoms with E-state index in [0.717, 1.165) is 25.7 Å². The predicted octanol–water partition coefficient (Wildman–Crippen LogP) is 0.105. The lowest BCUT2D eigenvalue weighted by Crippen LogP contribution is -2.69. The molecule has 1 saturated carbocycles. The molecule has 15 nitrogen and oxygen atoms in total. The van der Waals surface area contributed by atoms with E-state index in [1.54, 1.807) is 0 Å². The molecule has 0 amide bonds. The Morgan fingerprint density at radius 2 is 1.23 bits per heavy atom. The number of hydrogen-bond donors (Lipinski definition) is 9. The molecular formula is C28H54NO14P. The lowest BCUT2D eigenvalue weighted by molar-refractivity contribution is -0.315. The third-order valence-electron chi connectivity index (χ3n) is 8.25. The van der Waals surface area contributed by atoms with Crippen LogP contribution in [0.4, 0.5) is 0 Å². The van der Waals surface area contributed by atoms with Crippen LogP contribution < -0.4 is 5.73 Å². The van der Waals surface area contributed by atoms with Crippen molar-refractivity contribution in [3.8, 4) is 0 Å². The molecular weight excluding hydrogens is 605 g/mol. The number of phosphoric ester groups is 1. The first kappa shape index (κ1) is 39.4. The highest BCUT2D eigenvalue weighted by molar-refractivity contribution is 7.46. The van der Waals surface area contributed by atoms with Crippen molar-refractivity contribution < 1.29 is 68.5 Å². The van der Waals surface area contributed by atoms with E-state index in [9.17, 15) is 49.8 Å². The van der Waals surface area contributed by atoms with Crippen LogP contribution in [0.2, 0.25) is 0 Å². The number of hydrogen-bond acceptors (Lipinski definition) is 13. The van der Waals surface area contributed by atoms with Gasteiger partial charge in [-0.1, -0.05) is 84.0 Å². The normalized spacial score (nSPS) is 34.6. The molecule has 11 atom stereocenters. The molecule has 10 N–H and O–H groups in total. The van der Waals surface area contributed by atoms with Crippen molar-refractivity contribution in [1.29, 1.82) is 0 Å². The summed E-state index contributed by atoms with van der Waals surface area (Å²) in [7, 11) is -5.36. The van der Waals surface area contributed by atoms with Crippen LogP contribution in [0.3, 0.4) is 0 Å². The second-order valence-electron chi connectivity index (χ2n) is 11.9. The molecule has 16 heteroatoms. The van der Waals surface area contributed by atoms with Gasteiger partial charge in [-0.05, 0) is 6.42 Å². The van der Waals surface area contributed by atoms with Crippen LogP contribution in [-0.4, -0.2) is 120 Å². The van der Waals surface area contributed by atoms with Gasteiger partial charge in [0.05, 0.1) is 12.6 Å². The Kier molecular flexibility index (Phi) is 17.7. The topological polar surface area (TPSA) is 259 Å². The van der Waals surface area contributed by atoms with Crippen LogP contribution in [0.1, 0.15) is 96.8 Å². The monoisotopic (exact) mass is 659 g/mol. The molecule has 0 aromatic heterocycles. The number of aliphatic hydroxyl groups is 6. The van der Waals surface area contributed by atoms with Gasteiger partial charge in [-0.2, -0.15) is 0 Å². The molecule has 2 rings (SSSR count). The number of unbranched alkanes of at least 4 members (excludes halogenated alkanes) is 12. The highest BCUT2D eigenvalue weighted by Crippen LogP contribution is 2.43. The molecule has 1 saturated heterocycles. The smallest absolute Gasteiger partial charge is 0.457 e. The van der Waals surface area contributed by atoms with Crippen molar-refractivity contribution in [2.45, 2.75) is 164 Å². The first-order valence-corrected chi connectivity index (χ1v) is 17.4. The van der Waals surface area contributed by atoms with E-state index in [-0.39, 0.29) is 6.42 Å². The molecule has 1 heterocycles. The predicted molar refractivity (Wildman–Crippen MR) is 156 cm³/mol. The fraction of sp³-hybridized carbons (Fsp3) is 0.964. The van der Waals surface area contributed by atoms with E-state index in [2.05, 4.69) is 6.92 Å². The summed E-state index contributed by atoms with van der Waals surface area (Å²) in [5, 5.41) is 61.4. The molecule has 0 bridgehead atoms. The summed E-state index contributed by atoms with van der Waals surface area (Å²) in [6.45, 7) is 1.44. The Morgan fingerprint density at radius 1 is 0.727 bits per heavy atom. The summed E-state index contributed by atoms with van der Waals surface area (Å²) in [6.07, 6.45) is -3.99. The van der Waals surface area contributed by atoms with Crippen molar-refractivity contribution in [1.82, 2.24) is 0 Å². The Balaban J connectivity index is 1.92. The van der Waals surface area contributed by atoms with Crippen molar-refractivity contribution in [3.63, 3.8) is 0 Å². The number of aliphatic hydroxyl groups excluding tert-OH is 6. The second-order valence-corrected chi connectivity index (χ2v) is 13.1. The van der Waals surface area contributed by atoms with Gasteiger partial charge in [-0.15, -0.1) is 0 Å². The van der Waals surface area contributed by atoms with Crippen molar-refractivity contribution >= 4 is 13.8 Å². The highest BCUT2D eigenvalue weighted by Gasteiger charge is 2.56. The average Bonchev–Trinajstić information content (AvgIpc) is 2.97. The molecule has 260 valence electrons. The van der Waals surface area contributed by atoms with Gasteiger partial charge in [0.15, 0.2) is 12.4 Å². The van der Waals surface area contributed by atoms with Gasteiger partial charge in [-0.3, -0.25) is 9.32 Å². The quantitative estimate of drug-likeness (QED) is 0.0477. The Bertz CT molecular complexity index is 862. The van der Waals surface area contributed by atoms with E-state index < -0.39 is 87.7 Å². The third-order valence-corrected chi connectivity index (χ3v) is 8.77. The first-order valence-electron chi connectivity index (χ1n) is 15.8. The van der Waals surface area contributed by atoms with Gasteiger partial charge >= 0.3 is 13.8 Å². The summed E-state index contributed by atoms with van der Waals surface area (Å²) in [6, 6.07) is -1.48. The molecule has 5 unspecified atom stereocenters. The molecule has 2 fully saturated rings. The number of phosphoric acid groups is 1. The van der Waals surface area contributed by atoms with Gasteiger partial charge in [0.2, 0.25) is 0 Å². The number of carbonyl (C=O) groups is 1. The van der Waals surface area contributed by atoms with Crippen LogP contribution in [0.15, 0.2) is 0 Å². The van der Waals surface area contributed by atoms with Gasteiger partial charge in [-0.25, -0.2) is 4.57 Å². The third kappa shape index (κ3) is 12.4. The van der Waals surface area contributed by atoms with Crippen LogP contribution >= 0.6 is 7.82 Å². The van der Waals surface area contributed by atoms with E-state index >= 15 is 0 Å². The zero-order valence-electron chi connectivity index (χ0n) is 25.5. The molecule has 0 spiro atoms. The molecule has 2 aliphatic rings. The number of nitrogens with two attached hydrogens (primary N) is 1. The van der Waals surface area contributed by atoms with Crippen LogP contribution in [0, 0.1) is 0 Å². The van der Waals surface area contributed by atoms with Gasteiger partial charge in [0, 0.05) is 6.42 Å². The Morgan fingerprint density at radius 3 is 1.73 bits per heavy atom. The Labute approximate surface area is 258 Å². The van der Waals surface area contributed by atoms with Crippen molar-refractivity contribution in [2.24, 2.45) is 5.73 Å². The van der Waals surface area contributed by atoms with Gasteiger partial charge in [0.1, 0.15) is 48.8 Å². The first-order chi connectivity index (χ1) is 20.8. The fourth-order valence-corrected chi connectivity index (χ4v) is 6.18. The minimum atomic E-state index is -5.36. The standard InChI is InChI=1S/C28H54NO14P/c1-2-3-4-5-6-7-8-9-10-11-12-13-14-15-18(31)41-25-23(35)22(34)24(36)26(27(25)43-44(37,38)39)42-28-19(29)21(33)20(32)17(16-30)40-28/h17,19-28,30,32-36H,2-16,29H2,1H3,(H2,37,38,39)/t17?,19?,20-,21-,22?,23?,24+,25-,26+,27?,28-/m1/s1. The molecule has 1 aliphatic carbocycles. The molecule has 0 aromatic carbocycles. The summed E-state index contributed by atoms with van der Waals surface area (Å²) in [4.78, 5) is 31.7. The Hall–Kier alpha value is -0.780. The maximum Gasteiger partial charge on any atom is 0.470 e. The van der Waals surface area contributed by atoms with Gasteiger partial charge < -0.3 is 60.4 Å². The SMILES string of the molecule is CCCCCCCCCCCCCCCC(=O)O[C@@H]1C(O)C(O)[C@H](O)[C@H](O[C@H]2OC(CO)[C@@H](O)[C@H](O)C2N)C1OP(=O)(O)O. The maximum absolute atomic E-state index is 12.7. The van der Waals surface area contributed by atoms with Crippen LogP contribution in [0.25, 0.3) is 0 Å². The molecule has 0 radical (unpaired) electrons. The zero-order valence-corrected chi connectivity index (χ0v) is 26.4. The van der Waals surface area contributed by atoms with Gasteiger partial charge in [0.25, 0.3) is 0 Å². The van der Waals surface area contributed by atoms with E-state index in [4.69, 9.17) is 24.5 Å². The summed E-state index contributed by atoms with van der Waals surface area (Å²) < 4.78 is 32.8. The summed E-state index contributed by atoms with van der Waals surface area (Å²) in [5.74, 6) is -0.830. The maximum atomic E-state index is 12.7. The van der Waals surface area contributed by atoms with E-state index in [0.29, 0.717) is 6.42 Å². The largest absolute Gasteiger partial charge is 0.470 e. The zero-order chi connectivity index (χ0) is 32.9. The number of esters is 1. The van der Waals surface area contributed by atoms with E-state index in [1.165, 1.54) is 51.4 Å². The van der Waals surface area contributed by atoms with Crippen molar-refractivity contribution in [2.75, 3.05) is 6.61 Å². The molecule has 44 heavy (non-hydrogen) atoms. The fourth-order valence-electron chi connectivity index (χ4n) is 5.62. The molecule has 1 aliphatic heterocycles. The summed E-state index contributed by atoms with van der Waals surface area (Å²) >= 11 is 0. The lowest BCUT2D eigenvalue weighted by Gasteiger charge is -2.47. The lowest BCUT2D eigenvalue weighted by atomic mass is 9.84. The molecule has 0 aromatic rings. The highest BCUT2D eigenvalue weighted by atomic mass is 31.2. The summed E-state index contributed by atoms with van der Waals surface area (Å²) in [5.41, 5.74) is 5.87. The number of ether oxygens (including phenoxy) is 3. The van der Waals surface area contributed by atoms with Crippen LogP contribution in [0.5, 0.6) is 0 Å². The van der Waals surface area contributed by atoms with E-state index in [1.807, 2.05) is 0 Å². The minimum Gasteiger partial charge on any atom is -0.457 e. The van der Waals surface area contributed by atoms with Crippen molar-refractivity contribution in [3.05, 3.63) is 0 Å². The number of carbonyl (C=O) groups excluding carboxylic acids is 1. The number of rotatable bonds is 20. The van der Waals surface area contributed by atoms with Crippen LogP contribution in [-0.2, 0) is 28.1 Å². The second kappa shape index (κ2) is 19.8. The minimum absolute atomic E-state index is 0.0767. The average molecular weight is 660 g/mol.